The lowest BCUT2D eigenvalue weighted by Gasteiger charge is -1.81. The fraction of sp³-hybridized carbons (Fsp3) is 0.167. The van der Waals surface area contributed by atoms with E-state index in [4.69, 9.17) is 0 Å². The van der Waals surface area contributed by atoms with Gasteiger partial charge >= 0.3 is 0 Å². The molecule has 0 aliphatic heterocycles. The maximum atomic E-state index is 10.3. The van der Waals surface area contributed by atoms with Crippen LogP contribution in [-0.4, -0.2) is 31.5 Å². The Bertz CT molecular complexity index is 434. The normalized spacial score (nSPS) is 10.2. The Hall–Kier alpha value is -1.63. The van der Waals surface area contributed by atoms with Gasteiger partial charge in [-0.15, -0.1) is 21.5 Å². The van der Waals surface area contributed by atoms with Crippen molar-refractivity contribution in [3.05, 3.63) is 11.2 Å². The highest BCUT2D eigenvalue weighted by Crippen LogP contribution is 2.20. The molecule has 0 spiro atoms. The second-order valence-corrected chi connectivity index (χ2v) is 3.35. The van der Waals surface area contributed by atoms with E-state index in [0.717, 1.165) is 4.88 Å². The van der Waals surface area contributed by atoms with Gasteiger partial charge in [-0.05, 0) is 5.21 Å². The van der Waals surface area contributed by atoms with Crippen molar-refractivity contribution in [3.63, 3.8) is 0 Å². The molecule has 0 unspecified atom stereocenters. The fourth-order valence-corrected chi connectivity index (χ4v) is 1.49. The number of rotatable bonds is 2. The van der Waals surface area contributed by atoms with Gasteiger partial charge in [0, 0.05) is 6.20 Å². The summed E-state index contributed by atoms with van der Waals surface area (Å²) in [7, 11) is 1.68. The topological polar surface area (TPSA) is 73.6 Å². The quantitative estimate of drug-likeness (QED) is 0.637. The molecular formula is C6H5N5OS. The van der Waals surface area contributed by atoms with Gasteiger partial charge in [0.1, 0.15) is 0 Å². The Kier molecular flexibility index (Phi) is 1.85. The van der Waals surface area contributed by atoms with Gasteiger partial charge in [0.2, 0.25) is 5.82 Å². The second kappa shape index (κ2) is 3.02. The predicted octanol–water partition coefficient (Wildman–Crippen LogP) is 0.146. The largest absolute Gasteiger partial charge is 0.295 e. The van der Waals surface area contributed by atoms with Gasteiger partial charge in [-0.3, -0.25) is 4.79 Å². The van der Waals surface area contributed by atoms with E-state index in [0.29, 0.717) is 17.1 Å². The van der Waals surface area contributed by atoms with Crippen molar-refractivity contribution in [2.75, 3.05) is 0 Å². The zero-order chi connectivity index (χ0) is 9.26. The first-order valence-electron chi connectivity index (χ1n) is 3.45. The summed E-state index contributed by atoms with van der Waals surface area (Å²) in [4.78, 5) is 16.3. The lowest BCUT2D eigenvalue weighted by molar-refractivity contribution is 0.112. The van der Waals surface area contributed by atoms with Crippen LogP contribution >= 0.6 is 11.3 Å². The number of carbonyl (C=O) groups excluding carboxylic acids is 1. The summed E-state index contributed by atoms with van der Waals surface area (Å²) >= 11 is 1.24. The predicted molar refractivity (Wildman–Crippen MR) is 45.3 cm³/mol. The summed E-state index contributed by atoms with van der Waals surface area (Å²) in [6.07, 6.45) is 2.26. The van der Waals surface area contributed by atoms with Crippen molar-refractivity contribution < 1.29 is 4.79 Å². The van der Waals surface area contributed by atoms with Crippen LogP contribution in [0.15, 0.2) is 6.20 Å². The molecule has 2 rings (SSSR count). The third kappa shape index (κ3) is 1.45. The number of tetrazole rings is 1. The lowest BCUT2D eigenvalue weighted by atomic mass is 10.5. The Balaban J connectivity index is 2.40. The Morgan fingerprint density at radius 2 is 2.46 bits per heavy atom. The van der Waals surface area contributed by atoms with Crippen molar-refractivity contribution in [1.82, 2.24) is 25.2 Å². The summed E-state index contributed by atoms with van der Waals surface area (Å²) in [6, 6.07) is 0. The molecular weight excluding hydrogens is 190 g/mol. The second-order valence-electron chi connectivity index (χ2n) is 2.28. The summed E-state index contributed by atoms with van der Waals surface area (Å²) in [5, 5.41) is 11.9. The van der Waals surface area contributed by atoms with Crippen LogP contribution in [0.3, 0.4) is 0 Å². The number of nitrogens with zero attached hydrogens (tertiary/aromatic N) is 5. The van der Waals surface area contributed by atoms with Crippen LogP contribution in [0.2, 0.25) is 0 Å². The molecule has 0 fully saturated rings. The van der Waals surface area contributed by atoms with Gasteiger partial charge in [-0.2, -0.15) is 4.80 Å². The molecule has 0 aliphatic rings. The van der Waals surface area contributed by atoms with E-state index in [1.165, 1.54) is 16.1 Å². The van der Waals surface area contributed by atoms with Crippen molar-refractivity contribution in [1.29, 1.82) is 0 Å². The Morgan fingerprint density at radius 1 is 1.62 bits per heavy atom. The average molecular weight is 195 g/mol. The van der Waals surface area contributed by atoms with Crippen LogP contribution in [0.5, 0.6) is 0 Å². The third-order valence-electron chi connectivity index (χ3n) is 1.35. The maximum absolute atomic E-state index is 10.3. The minimum absolute atomic E-state index is 0.419. The third-order valence-corrected chi connectivity index (χ3v) is 2.27. The minimum atomic E-state index is 0.419. The molecule has 0 aromatic carbocycles. The molecule has 0 radical (unpaired) electrons. The highest BCUT2D eigenvalue weighted by molar-refractivity contribution is 7.16. The van der Waals surface area contributed by atoms with Crippen LogP contribution < -0.4 is 0 Å². The van der Waals surface area contributed by atoms with Crippen molar-refractivity contribution in [2.45, 2.75) is 0 Å². The number of aromatic nitrogens is 5. The Labute approximate surface area is 77.2 Å². The van der Waals surface area contributed by atoms with Crippen LogP contribution in [0.25, 0.3) is 10.7 Å². The van der Waals surface area contributed by atoms with E-state index in [1.807, 2.05) is 0 Å². The minimum Gasteiger partial charge on any atom is -0.295 e. The zero-order valence-corrected chi connectivity index (χ0v) is 7.52. The van der Waals surface area contributed by atoms with E-state index in [1.54, 1.807) is 13.2 Å². The molecule has 0 bridgehead atoms. The average Bonchev–Trinajstić information content (AvgIpc) is 2.71. The molecule has 0 atom stereocenters. The Morgan fingerprint density at radius 3 is 3.00 bits per heavy atom. The maximum Gasteiger partial charge on any atom is 0.216 e. The van der Waals surface area contributed by atoms with Gasteiger partial charge in [-0.1, -0.05) is 0 Å². The van der Waals surface area contributed by atoms with Gasteiger partial charge in [-0.25, -0.2) is 4.98 Å². The first-order chi connectivity index (χ1) is 6.29. The van der Waals surface area contributed by atoms with Crippen LogP contribution in [0, 0.1) is 0 Å². The SMILES string of the molecule is Cn1nnc(-c2cnc(C=O)s2)n1. The number of hydrogen-bond donors (Lipinski definition) is 0. The number of thiazole rings is 1. The molecule has 7 heteroatoms. The number of aldehydes is 1. The van der Waals surface area contributed by atoms with Crippen molar-refractivity contribution in [3.8, 4) is 10.7 Å². The lowest BCUT2D eigenvalue weighted by Crippen LogP contribution is -1.91. The molecule has 13 heavy (non-hydrogen) atoms. The van der Waals surface area contributed by atoms with E-state index in [-0.39, 0.29) is 0 Å². The molecule has 0 saturated heterocycles. The standard InChI is InChI=1S/C6H5N5OS/c1-11-9-6(8-10-11)4-2-7-5(3-12)13-4/h2-3H,1H3. The van der Waals surface area contributed by atoms with Gasteiger partial charge in [0.15, 0.2) is 11.3 Å². The number of hydrogen-bond acceptors (Lipinski definition) is 6. The van der Waals surface area contributed by atoms with E-state index in [9.17, 15) is 4.79 Å². The summed E-state index contributed by atoms with van der Waals surface area (Å²) < 4.78 is 0. The molecule has 0 N–H and O–H groups in total. The molecule has 0 amide bonds. The van der Waals surface area contributed by atoms with E-state index < -0.39 is 0 Å². The van der Waals surface area contributed by atoms with Crippen LogP contribution in [0.1, 0.15) is 9.80 Å². The highest BCUT2D eigenvalue weighted by atomic mass is 32.1. The molecule has 0 aliphatic carbocycles. The first-order valence-corrected chi connectivity index (χ1v) is 4.26. The van der Waals surface area contributed by atoms with Gasteiger partial charge in [0.05, 0.1) is 11.9 Å². The van der Waals surface area contributed by atoms with Gasteiger partial charge < -0.3 is 0 Å². The number of aryl methyl sites for hydroxylation is 1. The zero-order valence-electron chi connectivity index (χ0n) is 6.71. The molecule has 2 aromatic heterocycles. The summed E-state index contributed by atoms with van der Waals surface area (Å²) in [5.74, 6) is 0.494. The summed E-state index contributed by atoms with van der Waals surface area (Å²) in [6.45, 7) is 0. The van der Waals surface area contributed by atoms with Gasteiger partial charge in [0.25, 0.3) is 0 Å². The summed E-state index contributed by atoms with van der Waals surface area (Å²) in [5.41, 5.74) is 0. The van der Waals surface area contributed by atoms with Crippen molar-refractivity contribution >= 4 is 17.6 Å². The highest BCUT2D eigenvalue weighted by Gasteiger charge is 2.08. The van der Waals surface area contributed by atoms with Crippen LogP contribution in [-0.2, 0) is 7.05 Å². The molecule has 0 saturated carbocycles. The molecule has 66 valence electrons. The van der Waals surface area contributed by atoms with Crippen molar-refractivity contribution in [2.24, 2.45) is 7.05 Å². The number of carbonyl (C=O) groups is 1. The molecule has 2 aromatic rings. The van der Waals surface area contributed by atoms with Crippen LogP contribution in [0.4, 0.5) is 0 Å². The molecule has 6 nitrogen and oxygen atoms in total. The van der Waals surface area contributed by atoms with E-state index in [2.05, 4.69) is 20.4 Å². The molecule has 2 heterocycles. The first kappa shape index (κ1) is 7.99. The monoisotopic (exact) mass is 195 g/mol. The van der Waals surface area contributed by atoms with E-state index >= 15 is 0 Å². The fourth-order valence-electron chi connectivity index (χ4n) is 0.828. The smallest absolute Gasteiger partial charge is 0.216 e.